The summed E-state index contributed by atoms with van der Waals surface area (Å²) in [7, 11) is 1.40. The summed E-state index contributed by atoms with van der Waals surface area (Å²) in [5.41, 5.74) is 1.13. The van der Waals surface area contributed by atoms with E-state index in [-0.39, 0.29) is 5.97 Å². The molecule has 3 nitrogen and oxygen atoms in total. The molecular weight excluding hydrogens is 326 g/mol. The number of esters is 1. The maximum absolute atomic E-state index is 11.9. The van der Waals surface area contributed by atoms with Crippen LogP contribution in [0.4, 0.5) is 0 Å². The van der Waals surface area contributed by atoms with Gasteiger partial charge < -0.3 is 4.74 Å². The van der Waals surface area contributed by atoms with Crippen LogP contribution in [0.3, 0.4) is 0 Å². The van der Waals surface area contributed by atoms with Gasteiger partial charge in [0.25, 0.3) is 0 Å². The molecule has 0 radical (unpaired) electrons. The van der Waals surface area contributed by atoms with Crippen LogP contribution < -0.4 is 5.32 Å². The third kappa shape index (κ3) is 3.65. The number of halogens is 1. The van der Waals surface area contributed by atoms with Gasteiger partial charge in [-0.2, -0.15) is 0 Å². The molecule has 1 aromatic heterocycles. The maximum atomic E-state index is 11.9. The van der Waals surface area contributed by atoms with Crippen LogP contribution in [0, 0.1) is 0 Å². The number of methoxy groups -OCH3 is 1. The number of hydrogen-bond acceptors (Lipinski definition) is 4. The molecule has 2 rings (SSSR count). The summed E-state index contributed by atoms with van der Waals surface area (Å²) in [6.45, 7) is 0.616. The second-order valence-electron chi connectivity index (χ2n) is 3.96. The highest BCUT2D eigenvalue weighted by Crippen LogP contribution is 2.30. The molecule has 1 heterocycles. The Morgan fingerprint density at radius 3 is 2.68 bits per heavy atom. The molecule has 0 fully saturated rings. The lowest BCUT2D eigenvalue weighted by molar-refractivity contribution is -0.143. The van der Waals surface area contributed by atoms with Crippen LogP contribution in [-0.2, 0) is 16.1 Å². The number of carbonyl (C=O) groups is 1. The lowest BCUT2D eigenvalue weighted by atomic mass is 10.2. The SMILES string of the molecule is COC(=O)C(NCc1ccccc1)c1sccc1Br. The minimum Gasteiger partial charge on any atom is -0.468 e. The van der Waals surface area contributed by atoms with E-state index in [4.69, 9.17) is 4.74 Å². The first-order valence-corrected chi connectivity index (χ1v) is 7.47. The number of nitrogens with one attached hydrogen (secondary N) is 1. The van der Waals surface area contributed by atoms with Crippen LogP contribution in [0.1, 0.15) is 16.5 Å². The number of benzene rings is 1. The zero-order valence-electron chi connectivity index (χ0n) is 10.4. The summed E-state index contributed by atoms with van der Waals surface area (Å²) < 4.78 is 5.79. The third-order valence-corrected chi connectivity index (χ3v) is 4.63. The van der Waals surface area contributed by atoms with E-state index in [1.807, 2.05) is 41.8 Å². The largest absolute Gasteiger partial charge is 0.468 e. The van der Waals surface area contributed by atoms with Crippen molar-refractivity contribution in [3.8, 4) is 0 Å². The van der Waals surface area contributed by atoms with Gasteiger partial charge >= 0.3 is 5.97 Å². The number of rotatable bonds is 5. The van der Waals surface area contributed by atoms with Gasteiger partial charge in [-0.3, -0.25) is 5.32 Å². The first-order chi connectivity index (χ1) is 9.22. The summed E-state index contributed by atoms with van der Waals surface area (Å²) in [6, 6.07) is 11.4. The van der Waals surface area contributed by atoms with Gasteiger partial charge in [0.1, 0.15) is 6.04 Å². The highest BCUT2D eigenvalue weighted by molar-refractivity contribution is 9.10. The van der Waals surface area contributed by atoms with Gasteiger partial charge in [-0.1, -0.05) is 30.3 Å². The highest BCUT2D eigenvalue weighted by Gasteiger charge is 2.24. The Morgan fingerprint density at radius 2 is 2.11 bits per heavy atom. The fourth-order valence-electron chi connectivity index (χ4n) is 1.73. The van der Waals surface area contributed by atoms with Crippen molar-refractivity contribution in [1.82, 2.24) is 5.32 Å². The van der Waals surface area contributed by atoms with Crippen LogP contribution in [0.2, 0.25) is 0 Å². The van der Waals surface area contributed by atoms with Crippen molar-refractivity contribution < 1.29 is 9.53 Å². The lowest BCUT2D eigenvalue weighted by Gasteiger charge is -2.15. The van der Waals surface area contributed by atoms with Crippen molar-refractivity contribution in [1.29, 1.82) is 0 Å². The van der Waals surface area contributed by atoms with E-state index in [1.54, 1.807) is 0 Å². The van der Waals surface area contributed by atoms with Crippen LogP contribution in [0.25, 0.3) is 0 Å². The molecule has 0 aliphatic carbocycles. The van der Waals surface area contributed by atoms with Crippen molar-refractivity contribution in [2.45, 2.75) is 12.6 Å². The number of hydrogen-bond donors (Lipinski definition) is 1. The minimum atomic E-state index is -0.445. The number of carbonyl (C=O) groups excluding carboxylic acids is 1. The van der Waals surface area contributed by atoms with Crippen molar-refractivity contribution in [3.63, 3.8) is 0 Å². The first kappa shape index (κ1) is 14.2. The molecule has 100 valence electrons. The Balaban J connectivity index is 2.11. The van der Waals surface area contributed by atoms with Crippen LogP contribution >= 0.6 is 27.3 Å². The van der Waals surface area contributed by atoms with E-state index >= 15 is 0 Å². The van der Waals surface area contributed by atoms with Gasteiger partial charge in [0.05, 0.1) is 7.11 Å². The minimum absolute atomic E-state index is 0.279. The second kappa shape index (κ2) is 6.84. The molecule has 0 bridgehead atoms. The van der Waals surface area contributed by atoms with E-state index in [1.165, 1.54) is 18.4 Å². The summed E-state index contributed by atoms with van der Waals surface area (Å²) in [6.07, 6.45) is 0. The van der Waals surface area contributed by atoms with Crippen molar-refractivity contribution >= 4 is 33.2 Å². The molecule has 19 heavy (non-hydrogen) atoms. The average molecular weight is 340 g/mol. The fourth-order valence-corrected chi connectivity index (χ4v) is 3.39. The Morgan fingerprint density at radius 1 is 1.37 bits per heavy atom. The van der Waals surface area contributed by atoms with Crippen LogP contribution in [0.5, 0.6) is 0 Å². The van der Waals surface area contributed by atoms with E-state index in [0.717, 1.165) is 14.9 Å². The van der Waals surface area contributed by atoms with Crippen LogP contribution in [-0.4, -0.2) is 13.1 Å². The van der Waals surface area contributed by atoms with Gasteiger partial charge in [0, 0.05) is 15.9 Å². The summed E-state index contributed by atoms with van der Waals surface area (Å²) in [4.78, 5) is 12.8. The molecule has 1 unspecified atom stereocenters. The normalized spacial score (nSPS) is 12.1. The molecular formula is C14H14BrNO2S. The van der Waals surface area contributed by atoms with E-state index in [9.17, 15) is 4.79 Å². The predicted octanol–water partition coefficient (Wildman–Crippen LogP) is 3.51. The van der Waals surface area contributed by atoms with Gasteiger partial charge in [-0.05, 0) is 32.9 Å². The zero-order chi connectivity index (χ0) is 13.7. The summed E-state index contributed by atoms with van der Waals surface area (Å²) in [5.74, 6) is -0.279. The smallest absolute Gasteiger partial charge is 0.328 e. The van der Waals surface area contributed by atoms with Gasteiger partial charge in [0.15, 0.2) is 0 Å². The molecule has 5 heteroatoms. The lowest BCUT2D eigenvalue weighted by Crippen LogP contribution is -2.28. The molecule has 1 N–H and O–H groups in total. The fraction of sp³-hybridized carbons (Fsp3) is 0.214. The van der Waals surface area contributed by atoms with Gasteiger partial charge in [-0.25, -0.2) is 4.79 Å². The number of thiophene rings is 1. The molecule has 1 atom stereocenters. The maximum Gasteiger partial charge on any atom is 0.328 e. The van der Waals surface area contributed by atoms with Crippen molar-refractivity contribution in [3.05, 3.63) is 56.7 Å². The Labute approximate surface area is 124 Å². The quantitative estimate of drug-likeness (QED) is 0.847. The topological polar surface area (TPSA) is 38.3 Å². The average Bonchev–Trinajstić information content (AvgIpc) is 2.86. The molecule has 0 saturated heterocycles. The van der Waals surface area contributed by atoms with Crippen molar-refractivity contribution in [2.24, 2.45) is 0 Å². The third-order valence-electron chi connectivity index (χ3n) is 2.70. The Kier molecular flexibility index (Phi) is 5.13. The Hall–Kier alpha value is -1.17. The highest BCUT2D eigenvalue weighted by atomic mass is 79.9. The van der Waals surface area contributed by atoms with E-state index < -0.39 is 6.04 Å². The van der Waals surface area contributed by atoms with Crippen molar-refractivity contribution in [2.75, 3.05) is 7.11 Å². The molecule has 0 amide bonds. The molecule has 1 aromatic carbocycles. The second-order valence-corrected chi connectivity index (χ2v) is 5.76. The van der Waals surface area contributed by atoms with Gasteiger partial charge in [0.2, 0.25) is 0 Å². The monoisotopic (exact) mass is 339 g/mol. The summed E-state index contributed by atoms with van der Waals surface area (Å²) >= 11 is 4.98. The Bertz CT molecular complexity index is 541. The standard InChI is InChI=1S/C14H14BrNO2S/c1-18-14(17)12(13-11(15)7-8-19-13)16-9-10-5-3-2-4-6-10/h2-8,12,16H,9H2,1H3. The van der Waals surface area contributed by atoms with E-state index in [2.05, 4.69) is 21.2 Å². The van der Waals surface area contributed by atoms with Gasteiger partial charge in [-0.15, -0.1) is 11.3 Å². The predicted molar refractivity (Wildman–Crippen MR) is 80.1 cm³/mol. The zero-order valence-corrected chi connectivity index (χ0v) is 12.8. The molecule has 2 aromatic rings. The van der Waals surface area contributed by atoms with E-state index in [0.29, 0.717) is 6.54 Å². The first-order valence-electron chi connectivity index (χ1n) is 5.80. The molecule has 0 spiro atoms. The summed E-state index contributed by atoms with van der Waals surface area (Å²) in [5, 5.41) is 5.18. The molecule has 0 saturated carbocycles. The van der Waals surface area contributed by atoms with Crippen LogP contribution in [0.15, 0.2) is 46.3 Å². The number of ether oxygens (including phenoxy) is 1. The molecule has 0 aliphatic rings. The molecule has 0 aliphatic heterocycles.